The molecule has 0 unspecified atom stereocenters. The van der Waals surface area contributed by atoms with Crippen molar-refractivity contribution in [1.29, 1.82) is 0 Å². The molecule has 0 aliphatic heterocycles. The number of hydrogen-bond acceptors (Lipinski definition) is 2. The van der Waals surface area contributed by atoms with E-state index in [9.17, 15) is 0 Å². The fourth-order valence-corrected chi connectivity index (χ4v) is 0. The molecule has 0 saturated heterocycles. The average molecular weight is 186 g/mol. The zero-order valence-corrected chi connectivity index (χ0v) is 5.40. The normalized spacial score (nSPS) is 10.6. The van der Waals surface area contributed by atoms with E-state index < -0.39 is 19.9 Å². The Morgan fingerprint density at radius 1 is 1.80 bits per heavy atom. The Morgan fingerprint density at radius 2 is 2.00 bits per heavy atom. The Labute approximate surface area is 40.0 Å². The van der Waals surface area contributed by atoms with E-state index in [1.165, 1.54) is 0 Å². The molecule has 0 atom stereocenters. The van der Waals surface area contributed by atoms with E-state index in [-0.39, 0.29) is 0 Å². The zero-order valence-electron chi connectivity index (χ0n) is 3.24. The van der Waals surface area contributed by atoms with Crippen molar-refractivity contribution in [3.8, 4) is 0 Å². The van der Waals surface area contributed by atoms with Gasteiger partial charge in [0.25, 0.3) is 0 Å². The molecule has 0 aliphatic carbocycles. The van der Waals surface area contributed by atoms with Gasteiger partial charge in [0.05, 0.1) is 0 Å². The third-order valence-electron chi connectivity index (χ3n) is 0.243. The van der Waals surface area contributed by atoms with Crippen LogP contribution in [-0.2, 0) is 0 Å². The predicted molar refractivity (Wildman–Crippen MR) is 35.5 cm³/mol. The summed E-state index contributed by atoms with van der Waals surface area (Å²) in [5.74, 6) is 0. The molecule has 0 rings (SSSR count). The summed E-state index contributed by atoms with van der Waals surface area (Å²) < 4.78 is 5.32. The molecule has 0 radical (unpaired) electrons. The Bertz CT molecular complexity index is 23.6. The molecule has 0 fully saturated rings. The van der Waals surface area contributed by atoms with E-state index in [0.717, 1.165) is 5.27 Å². The molecule has 0 aromatic carbocycles. The zero-order chi connectivity index (χ0) is 4.28. The summed E-state index contributed by atoms with van der Waals surface area (Å²) >= 11 is -1.00. The number of alkyl halides is 1. The van der Waals surface area contributed by atoms with Crippen molar-refractivity contribution in [2.75, 3.05) is 4.93 Å². The first kappa shape index (κ1) is 5.71. The fourth-order valence-electron chi connectivity index (χ4n) is 0. The topological polar surface area (TPSA) is 52.0 Å². The van der Waals surface area contributed by atoms with Crippen LogP contribution >= 0.6 is 19.9 Å². The van der Waals surface area contributed by atoms with Crippen molar-refractivity contribution >= 4 is 25.1 Å². The molecule has 0 aliphatic rings. The van der Waals surface area contributed by atoms with Crippen molar-refractivity contribution in [1.82, 2.24) is 0 Å². The van der Waals surface area contributed by atoms with E-state index >= 15 is 0 Å². The SMILES string of the molecule is CI(N)BN. The van der Waals surface area contributed by atoms with Crippen LogP contribution in [0, 0.1) is 0 Å². The second-order valence-electron chi connectivity index (χ2n) is 0.794. The van der Waals surface area contributed by atoms with Gasteiger partial charge in [0.2, 0.25) is 0 Å². The number of rotatable bonds is 1. The Morgan fingerprint density at radius 3 is 2.00 bits per heavy atom. The molecule has 2 nitrogen and oxygen atoms in total. The third kappa shape index (κ3) is 4.71. The molecule has 4 N–H and O–H groups in total. The van der Waals surface area contributed by atoms with Gasteiger partial charge >= 0.3 is 39.7 Å². The second kappa shape index (κ2) is 2.93. The number of halogens is 1. The summed E-state index contributed by atoms with van der Waals surface area (Å²) in [5.41, 5.74) is 5.12. The third-order valence-corrected chi connectivity index (χ3v) is 1.63. The van der Waals surface area contributed by atoms with Gasteiger partial charge in [-0.25, -0.2) is 0 Å². The van der Waals surface area contributed by atoms with Gasteiger partial charge < -0.3 is 0 Å². The molecule has 32 valence electrons. The van der Waals surface area contributed by atoms with Gasteiger partial charge in [0.15, 0.2) is 0 Å². The van der Waals surface area contributed by atoms with Crippen LogP contribution in [0.3, 0.4) is 0 Å². The maximum absolute atomic E-state index is 5.32. The maximum atomic E-state index is 5.32. The second-order valence-corrected chi connectivity index (χ2v) is 5.33. The van der Waals surface area contributed by atoms with Crippen LogP contribution in [-0.4, -0.2) is 10.2 Å². The van der Waals surface area contributed by atoms with Crippen molar-refractivity contribution < 1.29 is 0 Å². The van der Waals surface area contributed by atoms with Crippen molar-refractivity contribution in [3.05, 3.63) is 0 Å². The van der Waals surface area contributed by atoms with E-state index in [2.05, 4.69) is 0 Å². The summed E-state index contributed by atoms with van der Waals surface area (Å²) in [4.78, 5) is 2.03. The van der Waals surface area contributed by atoms with E-state index in [1.807, 2.05) is 4.93 Å². The Kier molecular flexibility index (Phi) is 3.35. The van der Waals surface area contributed by atoms with Gasteiger partial charge in [0, 0.05) is 0 Å². The summed E-state index contributed by atoms with van der Waals surface area (Å²) in [6, 6.07) is 0. The van der Waals surface area contributed by atoms with Crippen molar-refractivity contribution in [2.45, 2.75) is 0 Å². The number of nitrogens with two attached hydrogens (primary N) is 2. The standard InChI is InChI=1S/CH8BIN2/c1-3(5)2-4/h2H,4-5H2,1H3. The summed E-state index contributed by atoms with van der Waals surface area (Å²) in [6.07, 6.45) is 0. The molecular formula is CH8BIN2. The summed E-state index contributed by atoms with van der Waals surface area (Å²) in [6.45, 7) is 0. The Balaban J connectivity index is 2.54. The molecule has 0 aromatic rings. The molecule has 0 saturated carbocycles. The molecular weight excluding hydrogens is 178 g/mol. The first-order valence-corrected chi connectivity index (χ1v) is 6.20. The van der Waals surface area contributed by atoms with E-state index in [0.29, 0.717) is 0 Å². The molecule has 0 spiro atoms. The molecule has 0 heterocycles. The van der Waals surface area contributed by atoms with Gasteiger partial charge in [-0.15, -0.1) is 0 Å². The monoisotopic (exact) mass is 186 g/mol. The van der Waals surface area contributed by atoms with Crippen LogP contribution < -0.4 is 9.59 Å². The quantitative estimate of drug-likeness (QED) is 0.244. The average Bonchev–Trinajstić information content (AvgIpc) is 1.38. The first-order chi connectivity index (χ1) is 2.27. The van der Waals surface area contributed by atoms with E-state index in [1.54, 1.807) is 0 Å². The van der Waals surface area contributed by atoms with Gasteiger partial charge in [0.1, 0.15) is 0 Å². The van der Waals surface area contributed by atoms with Gasteiger partial charge in [-0.1, -0.05) is 0 Å². The van der Waals surface area contributed by atoms with Gasteiger partial charge in [-0.3, -0.25) is 0 Å². The number of hydrogen-bond donors (Lipinski definition) is 2. The van der Waals surface area contributed by atoms with Crippen LogP contribution in [0.25, 0.3) is 0 Å². The minimum atomic E-state index is -1.00. The van der Waals surface area contributed by atoms with E-state index in [4.69, 9.17) is 9.59 Å². The van der Waals surface area contributed by atoms with Gasteiger partial charge in [-0.2, -0.15) is 0 Å². The minimum absolute atomic E-state index is 0.740. The van der Waals surface area contributed by atoms with Crippen LogP contribution in [0.1, 0.15) is 0 Å². The van der Waals surface area contributed by atoms with Crippen molar-refractivity contribution in [2.24, 2.45) is 9.59 Å². The molecule has 4 heteroatoms. The fraction of sp³-hybridized carbons (Fsp3) is 1.00. The summed E-state index contributed by atoms with van der Waals surface area (Å²) in [5, 5.41) is 0.740. The van der Waals surface area contributed by atoms with Gasteiger partial charge in [-0.05, 0) is 0 Å². The summed E-state index contributed by atoms with van der Waals surface area (Å²) in [7, 11) is 0. The van der Waals surface area contributed by atoms with Crippen LogP contribution in [0.4, 0.5) is 0 Å². The first-order valence-electron chi connectivity index (χ1n) is 1.27. The van der Waals surface area contributed by atoms with Crippen molar-refractivity contribution in [3.63, 3.8) is 0 Å². The Hall–Kier alpha value is 0.715. The van der Waals surface area contributed by atoms with Crippen LogP contribution in [0.15, 0.2) is 0 Å². The molecule has 0 bridgehead atoms. The van der Waals surface area contributed by atoms with Crippen LogP contribution in [0.5, 0.6) is 0 Å². The molecule has 5 heavy (non-hydrogen) atoms. The molecule has 0 amide bonds. The van der Waals surface area contributed by atoms with Crippen LogP contribution in [0.2, 0.25) is 0 Å². The molecule has 0 aromatic heterocycles. The predicted octanol–water partition coefficient (Wildman–Crippen LogP) is -0.778.